The zero-order valence-corrected chi connectivity index (χ0v) is 18.3. The van der Waals surface area contributed by atoms with E-state index in [1.165, 1.54) is 0 Å². The van der Waals surface area contributed by atoms with E-state index in [9.17, 15) is 10.4 Å². The Hall–Kier alpha value is -1.53. The number of ether oxygens (including phenoxy) is 3. The van der Waals surface area contributed by atoms with Crippen molar-refractivity contribution in [3.05, 3.63) is 27.7 Å². The third kappa shape index (κ3) is 3.01. The number of benzene rings is 1. The highest BCUT2D eigenvalue weighted by atomic mass is 35.5. The molecule has 0 bridgehead atoms. The van der Waals surface area contributed by atoms with Crippen LogP contribution in [-0.4, -0.2) is 53.5 Å². The van der Waals surface area contributed by atoms with Crippen LogP contribution in [0.1, 0.15) is 38.5 Å². The predicted molar refractivity (Wildman–Crippen MR) is 113 cm³/mol. The SMILES string of the molecule is CC1(C)O[C@@H]2[C@H](O1)[C@@H](CO)O[C@H]2n1c(N2CCCC2)c(C#N)c2cc(Cl)c(Cl)cc21. The third-order valence-electron chi connectivity index (χ3n) is 6.10. The number of anilines is 1. The van der Waals surface area contributed by atoms with Gasteiger partial charge in [0, 0.05) is 18.5 Å². The summed E-state index contributed by atoms with van der Waals surface area (Å²) in [6.45, 7) is 5.21. The summed E-state index contributed by atoms with van der Waals surface area (Å²) in [7, 11) is 0. The van der Waals surface area contributed by atoms with Gasteiger partial charge in [0.15, 0.2) is 12.0 Å². The molecule has 3 aliphatic rings. The first-order valence-electron chi connectivity index (χ1n) is 10.1. The monoisotopic (exact) mass is 451 g/mol. The Bertz CT molecular complexity index is 1040. The maximum atomic E-state index is 10.1. The van der Waals surface area contributed by atoms with Crippen LogP contribution >= 0.6 is 23.2 Å². The Morgan fingerprint density at radius 2 is 1.83 bits per heavy atom. The molecule has 3 fully saturated rings. The van der Waals surface area contributed by atoms with E-state index in [0.717, 1.165) is 42.7 Å². The lowest BCUT2D eigenvalue weighted by molar-refractivity contribution is -0.199. The highest BCUT2D eigenvalue weighted by molar-refractivity contribution is 6.42. The first-order chi connectivity index (χ1) is 14.3. The fraction of sp³-hybridized carbons (Fsp3) is 0.571. The summed E-state index contributed by atoms with van der Waals surface area (Å²) in [5, 5.41) is 21.5. The molecule has 3 aliphatic heterocycles. The average molecular weight is 452 g/mol. The van der Waals surface area contributed by atoms with E-state index < -0.39 is 30.3 Å². The fourth-order valence-corrected chi connectivity index (χ4v) is 5.23. The lowest BCUT2D eigenvalue weighted by Crippen LogP contribution is -2.31. The first-order valence-corrected chi connectivity index (χ1v) is 10.9. The smallest absolute Gasteiger partial charge is 0.165 e. The van der Waals surface area contributed by atoms with Crippen LogP contribution in [-0.2, 0) is 14.2 Å². The van der Waals surface area contributed by atoms with Crippen LogP contribution in [0.4, 0.5) is 5.82 Å². The second kappa shape index (κ2) is 7.27. The second-order valence-electron chi connectivity index (χ2n) is 8.47. The Morgan fingerprint density at radius 1 is 1.17 bits per heavy atom. The molecule has 0 amide bonds. The molecule has 0 saturated carbocycles. The number of fused-ring (bicyclic) bond motifs is 2. The van der Waals surface area contributed by atoms with Crippen molar-refractivity contribution < 1.29 is 19.3 Å². The van der Waals surface area contributed by atoms with Crippen LogP contribution in [0.2, 0.25) is 10.0 Å². The largest absolute Gasteiger partial charge is 0.394 e. The summed E-state index contributed by atoms with van der Waals surface area (Å²) < 4.78 is 20.5. The van der Waals surface area contributed by atoms with Crippen LogP contribution in [0, 0.1) is 11.3 Å². The number of hydrogen-bond acceptors (Lipinski definition) is 6. The van der Waals surface area contributed by atoms with Crippen LogP contribution < -0.4 is 4.90 Å². The molecule has 1 N–H and O–H groups in total. The number of aromatic nitrogens is 1. The number of halogens is 2. The number of hydrogen-bond donors (Lipinski definition) is 1. The maximum absolute atomic E-state index is 10.1. The highest BCUT2D eigenvalue weighted by Crippen LogP contribution is 2.48. The van der Waals surface area contributed by atoms with Gasteiger partial charge in [0.1, 0.15) is 35.8 Å². The zero-order valence-electron chi connectivity index (χ0n) is 16.8. The molecule has 7 nitrogen and oxygen atoms in total. The quantitative estimate of drug-likeness (QED) is 0.763. The number of rotatable bonds is 3. The Balaban J connectivity index is 1.74. The van der Waals surface area contributed by atoms with Crippen molar-refractivity contribution in [1.82, 2.24) is 4.57 Å². The van der Waals surface area contributed by atoms with Gasteiger partial charge in [0.2, 0.25) is 0 Å². The number of nitrogens with zero attached hydrogens (tertiary/aromatic N) is 3. The summed E-state index contributed by atoms with van der Waals surface area (Å²) in [5.74, 6) is -0.0143. The minimum Gasteiger partial charge on any atom is -0.394 e. The van der Waals surface area contributed by atoms with Gasteiger partial charge in [0.05, 0.1) is 22.2 Å². The van der Waals surface area contributed by atoms with Gasteiger partial charge in [-0.25, -0.2) is 0 Å². The summed E-state index contributed by atoms with van der Waals surface area (Å²) in [4.78, 5) is 2.20. The summed E-state index contributed by atoms with van der Waals surface area (Å²) in [5.41, 5.74) is 1.29. The van der Waals surface area contributed by atoms with Gasteiger partial charge in [-0.3, -0.25) is 4.57 Å². The molecule has 2 aromatic rings. The second-order valence-corrected chi connectivity index (χ2v) is 9.28. The molecule has 4 heterocycles. The number of aliphatic hydroxyl groups excluding tert-OH is 1. The molecule has 4 atom stereocenters. The summed E-state index contributed by atoms with van der Waals surface area (Å²) >= 11 is 12.7. The van der Waals surface area contributed by atoms with Crippen LogP contribution in [0.25, 0.3) is 10.9 Å². The minimum absolute atomic E-state index is 0.187. The molecule has 0 unspecified atom stereocenters. The third-order valence-corrected chi connectivity index (χ3v) is 6.82. The van der Waals surface area contributed by atoms with E-state index in [1.54, 1.807) is 12.1 Å². The van der Waals surface area contributed by atoms with Crippen molar-refractivity contribution in [2.75, 3.05) is 24.6 Å². The van der Waals surface area contributed by atoms with Crippen molar-refractivity contribution in [3.63, 3.8) is 0 Å². The fourth-order valence-electron chi connectivity index (χ4n) is 4.91. The summed E-state index contributed by atoms with van der Waals surface area (Å²) in [6.07, 6.45) is 0.155. The van der Waals surface area contributed by atoms with Crippen LogP contribution in [0.3, 0.4) is 0 Å². The van der Waals surface area contributed by atoms with Gasteiger partial charge in [-0.2, -0.15) is 5.26 Å². The molecule has 1 aromatic heterocycles. The van der Waals surface area contributed by atoms with E-state index in [-0.39, 0.29) is 6.61 Å². The molecule has 0 radical (unpaired) electrons. The predicted octanol–water partition coefficient (Wildman–Crippen LogP) is 3.83. The number of aliphatic hydroxyl groups is 1. The molecule has 9 heteroatoms. The van der Waals surface area contributed by atoms with Gasteiger partial charge in [0.25, 0.3) is 0 Å². The van der Waals surface area contributed by atoms with E-state index >= 15 is 0 Å². The van der Waals surface area contributed by atoms with E-state index in [4.69, 9.17) is 37.4 Å². The molecule has 30 heavy (non-hydrogen) atoms. The lowest BCUT2D eigenvalue weighted by atomic mass is 10.1. The maximum Gasteiger partial charge on any atom is 0.165 e. The molecule has 1 aromatic carbocycles. The van der Waals surface area contributed by atoms with Gasteiger partial charge in [-0.15, -0.1) is 0 Å². The Kier molecular flexibility index (Phi) is 4.93. The van der Waals surface area contributed by atoms with Crippen LogP contribution in [0.15, 0.2) is 12.1 Å². The van der Waals surface area contributed by atoms with Crippen LogP contribution in [0.5, 0.6) is 0 Å². The Labute approximate surface area is 184 Å². The lowest BCUT2D eigenvalue weighted by Gasteiger charge is -2.28. The van der Waals surface area contributed by atoms with E-state index in [2.05, 4.69) is 11.0 Å². The van der Waals surface area contributed by atoms with Crippen molar-refractivity contribution in [1.29, 1.82) is 5.26 Å². The zero-order chi connectivity index (χ0) is 21.2. The van der Waals surface area contributed by atoms with Crippen molar-refractivity contribution >= 4 is 39.9 Å². The molecular weight excluding hydrogens is 429 g/mol. The minimum atomic E-state index is -0.791. The van der Waals surface area contributed by atoms with E-state index in [1.807, 2.05) is 18.4 Å². The topological polar surface area (TPSA) is 79.9 Å². The van der Waals surface area contributed by atoms with Crippen molar-refractivity contribution in [3.8, 4) is 6.07 Å². The molecule has 3 saturated heterocycles. The molecule has 5 rings (SSSR count). The standard InChI is InChI=1S/C21H23Cl2N3O4/c1-21(2)29-17-16(10-27)28-20(18(17)30-21)26-15-8-14(23)13(22)7-11(15)12(9-24)19(26)25-5-3-4-6-25/h7-8,16-18,20,27H,3-6,10H2,1-2H3/t16-,17-,18-,20-/m1/s1. The molecule has 0 spiro atoms. The van der Waals surface area contributed by atoms with Crippen molar-refractivity contribution in [2.24, 2.45) is 0 Å². The Morgan fingerprint density at radius 3 is 2.50 bits per heavy atom. The summed E-state index contributed by atoms with van der Waals surface area (Å²) in [6, 6.07) is 5.87. The van der Waals surface area contributed by atoms with Gasteiger partial charge in [-0.05, 0) is 38.8 Å². The molecular formula is C21H23Cl2N3O4. The first kappa shape index (κ1) is 20.4. The molecule has 0 aliphatic carbocycles. The highest BCUT2D eigenvalue weighted by Gasteiger charge is 2.56. The van der Waals surface area contributed by atoms with Gasteiger partial charge >= 0.3 is 0 Å². The van der Waals surface area contributed by atoms with Crippen molar-refractivity contribution in [2.45, 2.75) is 57.0 Å². The molecule has 160 valence electrons. The van der Waals surface area contributed by atoms with Gasteiger partial charge in [-0.1, -0.05) is 23.2 Å². The normalized spacial score (nSPS) is 30.2. The van der Waals surface area contributed by atoms with E-state index in [0.29, 0.717) is 15.6 Å². The number of nitriles is 1. The average Bonchev–Trinajstić information content (AvgIpc) is 3.44. The van der Waals surface area contributed by atoms with Gasteiger partial charge < -0.3 is 24.2 Å².